The molecule has 0 radical (unpaired) electrons. The molecule has 4 N–H and O–H groups in total. The van der Waals surface area contributed by atoms with Gasteiger partial charge in [0, 0.05) is 25.4 Å². The number of carbonyl (C=O) groups excluding carboxylic acids is 1. The zero-order valence-corrected chi connectivity index (χ0v) is 9.92. The summed E-state index contributed by atoms with van der Waals surface area (Å²) < 4.78 is 0. The summed E-state index contributed by atoms with van der Waals surface area (Å²) in [5, 5.41) is 6.53. The minimum absolute atomic E-state index is 0.173. The van der Waals surface area contributed by atoms with Crippen LogP contribution in [0.1, 0.15) is 16.1 Å². The van der Waals surface area contributed by atoms with Crippen LogP contribution in [0.4, 0.5) is 5.82 Å². The summed E-state index contributed by atoms with van der Waals surface area (Å²) in [4.78, 5) is 17.8. The van der Waals surface area contributed by atoms with Gasteiger partial charge in [-0.3, -0.25) is 9.89 Å². The number of nitrogens with zero attached hydrogens (tertiary/aromatic N) is 3. The summed E-state index contributed by atoms with van der Waals surface area (Å²) in [6.07, 6.45) is 3.42. The Balaban J connectivity index is 2.10. The normalized spacial score (nSPS) is 10.1. The number of nitrogens with two attached hydrogens (primary N) is 1. The van der Waals surface area contributed by atoms with Gasteiger partial charge >= 0.3 is 0 Å². The number of nitrogens with one attached hydrogen (secondary N) is 2. The first-order valence-electron chi connectivity index (χ1n) is 5.37. The molecular formula is C11H14N6O. The van der Waals surface area contributed by atoms with Gasteiger partial charge in [0.25, 0.3) is 5.91 Å². The molecule has 18 heavy (non-hydrogen) atoms. The summed E-state index contributed by atoms with van der Waals surface area (Å²) >= 11 is 0. The lowest BCUT2D eigenvalue weighted by Gasteiger charge is -2.15. The van der Waals surface area contributed by atoms with Crippen LogP contribution in [-0.2, 0) is 6.54 Å². The second kappa shape index (κ2) is 5.28. The molecule has 0 saturated heterocycles. The molecule has 0 aliphatic rings. The van der Waals surface area contributed by atoms with Crippen molar-refractivity contribution in [3.8, 4) is 0 Å². The number of pyridine rings is 1. The zero-order valence-electron chi connectivity index (χ0n) is 9.92. The number of nitrogen functional groups attached to an aromatic ring is 1. The van der Waals surface area contributed by atoms with Gasteiger partial charge in [-0.15, -0.1) is 0 Å². The maximum absolute atomic E-state index is 12.1. The monoisotopic (exact) mass is 246 g/mol. The number of aromatic nitrogens is 3. The quantitative estimate of drug-likeness (QED) is 0.534. The molecular weight excluding hydrogens is 232 g/mol. The Morgan fingerprint density at radius 2 is 2.39 bits per heavy atom. The fraction of sp³-hybridized carbons (Fsp3) is 0.182. The van der Waals surface area contributed by atoms with Crippen molar-refractivity contribution in [2.45, 2.75) is 6.54 Å². The Hall–Kier alpha value is -2.41. The number of hydrazine groups is 1. The molecule has 1 amide bonds. The standard InChI is InChI=1S/C11H14N6O/c1-17(7-8-5-13-14-6-8)11(18)9-3-2-4-10(15-9)16-12/h2-6H,7,12H2,1H3,(H,13,14)(H,15,16). The largest absolute Gasteiger partial charge is 0.336 e. The molecule has 7 nitrogen and oxygen atoms in total. The van der Waals surface area contributed by atoms with Gasteiger partial charge in [-0.2, -0.15) is 5.10 Å². The average molecular weight is 246 g/mol. The van der Waals surface area contributed by atoms with Crippen molar-refractivity contribution in [1.29, 1.82) is 0 Å². The zero-order chi connectivity index (χ0) is 13.0. The van der Waals surface area contributed by atoms with Gasteiger partial charge in [-0.25, -0.2) is 10.8 Å². The number of aromatic amines is 1. The van der Waals surface area contributed by atoms with Crippen LogP contribution >= 0.6 is 0 Å². The van der Waals surface area contributed by atoms with Crippen LogP contribution in [0.25, 0.3) is 0 Å². The third kappa shape index (κ3) is 2.64. The number of H-pyrrole nitrogens is 1. The van der Waals surface area contributed by atoms with E-state index in [1.54, 1.807) is 42.5 Å². The van der Waals surface area contributed by atoms with E-state index in [1.165, 1.54) is 0 Å². The number of anilines is 1. The summed E-state index contributed by atoms with van der Waals surface area (Å²) in [5.41, 5.74) is 3.68. The highest BCUT2D eigenvalue weighted by molar-refractivity contribution is 5.92. The fourth-order valence-corrected chi connectivity index (χ4v) is 1.54. The molecule has 0 aliphatic carbocycles. The van der Waals surface area contributed by atoms with E-state index in [0.29, 0.717) is 18.1 Å². The van der Waals surface area contributed by atoms with Gasteiger partial charge in [0.1, 0.15) is 11.5 Å². The lowest BCUT2D eigenvalue weighted by molar-refractivity contribution is 0.0779. The topological polar surface area (TPSA) is 99.9 Å². The number of rotatable bonds is 4. The van der Waals surface area contributed by atoms with Gasteiger partial charge in [0.05, 0.1) is 6.20 Å². The van der Waals surface area contributed by atoms with Gasteiger partial charge in [0.15, 0.2) is 0 Å². The molecule has 2 rings (SSSR count). The highest BCUT2D eigenvalue weighted by atomic mass is 16.2. The first-order valence-corrected chi connectivity index (χ1v) is 5.37. The first kappa shape index (κ1) is 12.1. The van der Waals surface area contributed by atoms with Crippen LogP contribution in [0.5, 0.6) is 0 Å². The van der Waals surface area contributed by atoms with Crippen LogP contribution in [0.2, 0.25) is 0 Å². The predicted molar refractivity (Wildman–Crippen MR) is 66.4 cm³/mol. The number of carbonyl (C=O) groups is 1. The molecule has 0 bridgehead atoms. The van der Waals surface area contributed by atoms with Crippen molar-refractivity contribution in [2.75, 3.05) is 12.5 Å². The van der Waals surface area contributed by atoms with E-state index in [0.717, 1.165) is 5.56 Å². The van der Waals surface area contributed by atoms with Gasteiger partial charge in [-0.1, -0.05) is 6.07 Å². The maximum Gasteiger partial charge on any atom is 0.272 e. The Bertz CT molecular complexity index is 524. The molecule has 0 unspecified atom stereocenters. The van der Waals surface area contributed by atoms with E-state index in [9.17, 15) is 4.79 Å². The molecule has 0 spiro atoms. The van der Waals surface area contributed by atoms with Crippen molar-refractivity contribution < 1.29 is 4.79 Å². The fourth-order valence-electron chi connectivity index (χ4n) is 1.54. The van der Waals surface area contributed by atoms with Crippen molar-refractivity contribution in [3.05, 3.63) is 41.9 Å². The third-order valence-electron chi connectivity index (χ3n) is 2.44. The van der Waals surface area contributed by atoms with Gasteiger partial charge < -0.3 is 10.3 Å². The second-order valence-corrected chi connectivity index (χ2v) is 3.82. The molecule has 0 atom stereocenters. The number of hydrogen-bond acceptors (Lipinski definition) is 5. The van der Waals surface area contributed by atoms with Crippen LogP contribution in [0, 0.1) is 0 Å². The smallest absolute Gasteiger partial charge is 0.272 e. The SMILES string of the molecule is CN(Cc1cn[nH]c1)C(=O)c1cccc(NN)n1. The Labute approximate surface area is 104 Å². The number of hydrogen-bond donors (Lipinski definition) is 3. The van der Waals surface area contributed by atoms with E-state index >= 15 is 0 Å². The van der Waals surface area contributed by atoms with Gasteiger partial charge in [0.2, 0.25) is 0 Å². The Kier molecular flexibility index (Phi) is 3.54. The molecule has 0 aromatic carbocycles. The highest BCUT2D eigenvalue weighted by Gasteiger charge is 2.14. The van der Waals surface area contributed by atoms with Crippen molar-refractivity contribution in [3.63, 3.8) is 0 Å². The third-order valence-corrected chi connectivity index (χ3v) is 2.44. The molecule has 94 valence electrons. The average Bonchev–Trinajstić information content (AvgIpc) is 2.90. The highest BCUT2D eigenvalue weighted by Crippen LogP contribution is 2.08. The molecule has 0 aliphatic heterocycles. The minimum atomic E-state index is -0.173. The van der Waals surface area contributed by atoms with E-state index in [4.69, 9.17) is 5.84 Å². The van der Waals surface area contributed by atoms with E-state index in [1.807, 2.05) is 0 Å². The van der Waals surface area contributed by atoms with Crippen LogP contribution < -0.4 is 11.3 Å². The lowest BCUT2D eigenvalue weighted by Crippen LogP contribution is -2.27. The molecule has 0 fully saturated rings. The van der Waals surface area contributed by atoms with E-state index in [2.05, 4.69) is 20.6 Å². The Morgan fingerprint density at radius 3 is 3.06 bits per heavy atom. The summed E-state index contributed by atoms with van der Waals surface area (Å²) in [6.45, 7) is 0.470. The Morgan fingerprint density at radius 1 is 1.56 bits per heavy atom. The van der Waals surface area contributed by atoms with E-state index < -0.39 is 0 Å². The van der Waals surface area contributed by atoms with Crippen molar-refractivity contribution in [2.24, 2.45) is 5.84 Å². The predicted octanol–water partition coefficient (Wildman–Crippen LogP) is 0.362. The minimum Gasteiger partial charge on any atom is -0.336 e. The van der Waals surface area contributed by atoms with E-state index in [-0.39, 0.29) is 5.91 Å². The van der Waals surface area contributed by atoms with Crippen LogP contribution in [-0.4, -0.2) is 33.0 Å². The summed E-state index contributed by atoms with van der Waals surface area (Å²) in [6, 6.07) is 5.06. The lowest BCUT2D eigenvalue weighted by atomic mass is 10.3. The second-order valence-electron chi connectivity index (χ2n) is 3.82. The molecule has 2 aromatic heterocycles. The van der Waals surface area contributed by atoms with Crippen molar-refractivity contribution >= 4 is 11.7 Å². The maximum atomic E-state index is 12.1. The summed E-state index contributed by atoms with van der Waals surface area (Å²) in [5.74, 6) is 5.54. The van der Waals surface area contributed by atoms with Crippen molar-refractivity contribution in [1.82, 2.24) is 20.1 Å². The van der Waals surface area contributed by atoms with Crippen LogP contribution in [0.3, 0.4) is 0 Å². The molecule has 7 heteroatoms. The molecule has 2 heterocycles. The summed E-state index contributed by atoms with van der Waals surface area (Å²) in [7, 11) is 1.71. The first-order chi connectivity index (χ1) is 8.70. The van der Waals surface area contributed by atoms with Gasteiger partial charge in [-0.05, 0) is 12.1 Å². The number of amides is 1. The molecule has 0 saturated carbocycles. The van der Waals surface area contributed by atoms with Crippen LogP contribution in [0.15, 0.2) is 30.6 Å². The molecule has 2 aromatic rings.